The third-order valence-corrected chi connectivity index (χ3v) is 4.12. The summed E-state index contributed by atoms with van der Waals surface area (Å²) < 4.78 is 2.04. The fourth-order valence-electron chi connectivity index (χ4n) is 3.00. The highest BCUT2D eigenvalue weighted by atomic mass is 15.3. The van der Waals surface area contributed by atoms with Gasteiger partial charge in [0.2, 0.25) is 0 Å². The van der Waals surface area contributed by atoms with Gasteiger partial charge in [0.05, 0.1) is 5.69 Å². The van der Waals surface area contributed by atoms with Gasteiger partial charge in [-0.2, -0.15) is 5.10 Å². The maximum absolute atomic E-state index is 5.99. The van der Waals surface area contributed by atoms with E-state index in [4.69, 9.17) is 5.73 Å². The van der Waals surface area contributed by atoms with Gasteiger partial charge in [-0.05, 0) is 39.2 Å². The third kappa shape index (κ3) is 5.40. The average Bonchev–Trinajstić information content (AvgIpc) is 2.65. The van der Waals surface area contributed by atoms with Crippen LogP contribution in [0.3, 0.4) is 0 Å². The highest BCUT2D eigenvalue weighted by Crippen LogP contribution is 2.16. The number of nitrogens with one attached hydrogen (secondary N) is 1. The minimum Gasteiger partial charge on any atom is -0.370 e. The number of hydrogen-bond acceptors (Lipinski definition) is 2. The zero-order valence-corrected chi connectivity index (χ0v) is 13.4. The van der Waals surface area contributed by atoms with Gasteiger partial charge in [-0.3, -0.25) is 9.67 Å². The number of aliphatic imine (C=N–C) groups is 1. The molecule has 0 spiro atoms. The van der Waals surface area contributed by atoms with Gasteiger partial charge >= 0.3 is 0 Å². The lowest BCUT2D eigenvalue weighted by Gasteiger charge is -2.16. The van der Waals surface area contributed by atoms with Crippen LogP contribution in [0.25, 0.3) is 0 Å². The number of rotatable bonds is 5. The van der Waals surface area contributed by atoms with Crippen LogP contribution in [0.4, 0.5) is 0 Å². The van der Waals surface area contributed by atoms with Crippen molar-refractivity contribution in [2.75, 3.05) is 6.54 Å². The summed E-state index contributed by atoms with van der Waals surface area (Å²) >= 11 is 0. The maximum Gasteiger partial charge on any atom is 0.188 e. The Kier molecular flexibility index (Phi) is 6.08. The molecule has 3 N–H and O–H groups in total. The van der Waals surface area contributed by atoms with Crippen molar-refractivity contribution in [3.63, 3.8) is 0 Å². The fraction of sp³-hybridized carbons (Fsp3) is 0.750. The van der Waals surface area contributed by atoms with Crippen LogP contribution in [-0.4, -0.2) is 28.3 Å². The average molecular weight is 291 g/mol. The van der Waals surface area contributed by atoms with Gasteiger partial charge < -0.3 is 11.1 Å². The molecule has 0 saturated heterocycles. The van der Waals surface area contributed by atoms with Crippen molar-refractivity contribution < 1.29 is 0 Å². The zero-order valence-electron chi connectivity index (χ0n) is 13.4. The molecule has 0 aliphatic heterocycles. The minimum atomic E-state index is 0.521. The van der Waals surface area contributed by atoms with Crippen LogP contribution < -0.4 is 11.1 Å². The Hall–Kier alpha value is -1.52. The molecule has 0 atom stereocenters. The summed E-state index contributed by atoms with van der Waals surface area (Å²) in [6.07, 6.45) is 8.75. The first-order chi connectivity index (χ1) is 10.1. The van der Waals surface area contributed by atoms with Crippen molar-refractivity contribution in [3.05, 3.63) is 17.5 Å². The molecule has 0 amide bonds. The predicted molar refractivity (Wildman–Crippen MR) is 87.4 cm³/mol. The van der Waals surface area contributed by atoms with Crippen LogP contribution in [0.2, 0.25) is 0 Å². The van der Waals surface area contributed by atoms with E-state index >= 15 is 0 Å². The van der Waals surface area contributed by atoms with Crippen molar-refractivity contribution in [3.8, 4) is 0 Å². The largest absolute Gasteiger partial charge is 0.370 e. The molecule has 1 aromatic heterocycles. The van der Waals surface area contributed by atoms with E-state index < -0.39 is 0 Å². The van der Waals surface area contributed by atoms with Gasteiger partial charge in [0.15, 0.2) is 5.96 Å². The number of hydrogen-bond donors (Lipinski definition) is 2. The van der Waals surface area contributed by atoms with Gasteiger partial charge in [0.25, 0.3) is 0 Å². The van der Waals surface area contributed by atoms with Crippen LogP contribution in [0.1, 0.15) is 56.3 Å². The second-order valence-electron chi connectivity index (χ2n) is 6.10. The molecule has 0 unspecified atom stereocenters. The first-order valence-electron chi connectivity index (χ1n) is 8.22. The van der Waals surface area contributed by atoms with Crippen LogP contribution in [-0.2, 0) is 6.54 Å². The van der Waals surface area contributed by atoms with E-state index in [-0.39, 0.29) is 0 Å². The third-order valence-electron chi connectivity index (χ3n) is 4.12. The summed E-state index contributed by atoms with van der Waals surface area (Å²) in [5, 5.41) is 7.83. The smallest absolute Gasteiger partial charge is 0.188 e. The van der Waals surface area contributed by atoms with Crippen molar-refractivity contribution in [2.24, 2.45) is 10.7 Å². The highest BCUT2D eigenvalue weighted by molar-refractivity contribution is 5.78. The maximum atomic E-state index is 5.99. The molecule has 1 aromatic rings. The van der Waals surface area contributed by atoms with Gasteiger partial charge in [0.1, 0.15) is 0 Å². The lowest BCUT2D eigenvalue weighted by Crippen LogP contribution is -2.39. The van der Waals surface area contributed by atoms with E-state index in [1.54, 1.807) is 0 Å². The van der Waals surface area contributed by atoms with Crippen molar-refractivity contribution >= 4 is 5.96 Å². The Labute approximate surface area is 128 Å². The minimum absolute atomic E-state index is 0.521. The van der Waals surface area contributed by atoms with Crippen molar-refractivity contribution in [1.82, 2.24) is 15.1 Å². The SMILES string of the molecule is Cc1cc(C)n(CCCN=C(N)NC2CCCCCC2)n1. The number of aryl methyl sites for hydroxylation is 3. The molecule has 1 saturated carbocycles. The lowest BCUT2D eigenvalue weighted by atomic mass is 10.1. The van der Waals surface area contributed by atoms with Gasteiger partial charge in [-0.25, -0.2) is 0 Å². The molecular formula is C16H29N5. The molecular weight excluding hydrogens is 262 g/mol. The Morgan fingerprint density at radius 2 is 2.05 bits per heavy atom. The summed E-state index contributed by atoms with van der Waals surface area (Å²) in [6.45, 7) is 5.77. The monoisotopic (exact) mass is 291 g/mol. The first-order valence-corrected chi connectivity index (χ1v) is 8.22. The summed E-state index contributed by atoms with van der Waals surface area (Å²) in [5.74, 6) is 0.607. The Balaban J connectivity index is 1.69. The van der Waals surface area contributed by atoms with Crippen LogP contribution >= 0.6 is 0 Å². The normalized spacial score (nSPS) is 17.7. The van der Waals surface area contributed by atoms with Gasteiger partial charge in [-0.15, -0.1) is 0 Å². The van der Waals surface area contributed by atoms with E-state index in [1.165, 1.54) is 44.2 Å². The second-order valence-corrected chi connectivity index (χ2v) is 6.10. The van der Waals surface area contributed by atoms with E-state index in [0.29, 0.717) is 12.0 Å². The van der Waals surface area contributed by atoms with Crippen LogP contribution in [0.15, 0.2) is 11.1 Å². The van der Waals surface area contributed by atoms with Crippen LogP contribution in [0, 0.1) is 13.8 Å². The molecule has 0 bridgehead atoms. The number of nitrogens with zero attached hydrogens (tertiary/aromatic N) is 3. The van der Waals surface area contributed by atoms with E-state index in [2.05, 4.69) is 28.4 Å². The van der Waals surface area contributed by atoms with E-state index in [9.17, 15) is 0 Å². The fourth-order valence-corrected chi connectivity index (χ4v) is 3.00. The molecule has 118 valence electrons. The predicted octanol–water partition coefficient (Wildman–Crippen LogP) is 2.52. The number of guanidine groups is 1. The molecule has 1 fully saturated rings. The Morgan fingerprint density at radius 3 is 2.67 bits per heavy atom. The second kappa shape index (κ2) is 8.05. The topological polar surface area (TPSA) is 68.2 Å². The molecule has 1 aliphatic carbocycles. The molecule has 21 heavy (non-hydrogen) atoms. The summed E-state index contributed by atoms with van der Waals surface area (Å²) in [7, 11) is 0. The lowest BCUT2D eigenvalue weighted by molar-refractivity contribution is 0.528. The zero-order chi connectivity index (χ0) is 15.1. The van der Waals surface area contributed by atoms with Gasteiger partial charge in [0, 0.05) is 24.8 Å². The summed E-state index contributed by atoms with van der Waals surface area (Å²) in [5.41, 5.74) is 8.27. The Bertz CT molecular complexity index is 455. The van der Waals surface area contributed by atoms with Crippen molar-refractivity contribution in [1.29, 1.82) is 0 Å². The molecule has 1 heterocycles. The van der Waals surface area contributed by atoms with Crippen molar-refractivity contribution in [2.45, 2.75) is 71.4 Å². The summed E-state index contributed by atoms with van der Waals surface area (Å²) in [6, 6.07) is 2.62. The number of aromatic nitrogens is 2. The standard InChI is InChI=1S/C16H29N5/c1-13-12-14(2)21(20-13)11-7-10-18-16(17)19-15-8-5-3-4-6-9-15/h12,15H,3-11H2,1-2H3,(H3,17,18,19). The molecule has 5 nitrogen and oxygen atoms in total. The van der Waals surface area contributed by atoms with Gasteiger partial charge in [-0.1, -0.05) is 25.7 Å². The molecule has 0 aromatic carbocycles. The number of nitrogens with two attached hydrogens (primary N) is 1. The molecule has 0 radical (unpaired) electrons. The summed E-state index contributed by atoms with van der Waals surface area (Å²) in [4.78, 5) is 4.44. The van der Waals surface area contributed by atoms with Crippen LogP contribution in [0.5, 0.6) is 0 Å². The first kappa shape index (κ1) is 15.9. The molecule has 2 rings (SSSR count). The van der Waals surface area contributed by atoms with E-state index in [1.807, 2.05) is 11.6 Å². The Morgan fingerprint density at radius 1 is 1.33 bits per heavy atom. The molecule has 1 aliphatic rings. The highest BCUT2D eigenvalue weighted by Gasteiger charge is 2.12. The van der Waals surface area contributed by atoms with E-state index in [0.717, 1.165) is 25.2 Å². The molecule has 5 heteroatoms. The quantitative estimate of drug-likeness (QED) is 0.379.